The number of carbonyl (C=O) groups is 4. The fourth-order valence-electron chi connectivity index (χ4n) is 11.4. The van der Waals surface area contributed by atoms with E-state index in [4.69, 9.17) is 25.8 Å². The van der Waals surface area contributed by atoms with Crippen LogP contribution in [0.4, 0.5) is 20.2 Å². The fourth-order valence-corrected chi connectivity index (χ4v) is 11.4. The molecule has 18 nitrogen and oxygen atoms in total. The predicted molar refractivity (Wildman–Crippen MR) is 314 cm³/mol. The van der Waals surface area contributed by atoms with E-state index < -0.39 is 11.6 Å². The van der Waals surface area contributed by atoms with Crippen molar-refractivity contribution in [3.8, 4) is 18.1 Å². The molecule has 0 saturated carbocycles. The highest BCUT2D eigenvalue weighted by molar-refractivity contribution is 6.29. The maximum absolute atomic E-state index is 15.9. The van der Waals surface area contributed by atoms with E-state index in [0.717, 1.165) is 133 Å². The standard InChI is InChI=1S/C25H21F2N5O.C23H35N3O4.C9H17NO.C2H5NO.CH4O/c1-4-17-20(26)6-5-13-7-16(33)9-18(21(13)17)24-22(27)23(28-2)19(10-30-24)25(29-3)32-11-14-8-15(12-32)31-14;1-4-7-20(16-27)25(3)22-10-5-8-19(23(22)24(2)17-28)9-6-15-30-21-11-13-26(18-29)14-12-21;1-11-7-9-5-4-8-3-2-6-10(8)9;1-3-2-4;1-2/h1,5-7,9-10,14-15,31,33H,3,8,11-12H2,2H3;5,8,10,16-18,20-21H,4,6-7,9,11-15H2,1-3H3;8-9H,2-7H2,1H3;2H,1H3,(H,3,4);2H,1H3/b25-19+,28-23?;;;;. The molecule has 5 unspecified atom stereocenters. The van der Waals surface area contributed by atoms with Gasteiger partial charge in [-0.1, -0.05) is 37.5 Å². The number of rotatable bonds is 19. The number of amides is 3. The molecule has 20 heteroatoms. The van der Waals surface area contributed by atoms with Crippen molar-refractivity contribution in [1.29, 1.82) is 0 Å². The normalized spacial score (nSPS) is 21.5. The molecule has 10 rings (SSSR count). The third-order valence-corrected chi connectivity index (χ3v) is 15.3. The molecular formula is C60H82F2N10O8. The molecule has 3 aromatic rings. The summed E-state index contributed by atoms with van der Waals surface area (Å²) in [5.41, 5.74) is 3.34. The van der Waals surface area contributed by atoms with E-state index in [1.807, 2.05) is 37.3 Å². The minimum atomic E-state index is -0.712. The van der Waals surface area contributed by atoms with Gasteiger partial charge in [0.05, 0.1) is 41.3 Å². The first-order valence-corrected chi connectivity index (χ1v) is 27.5. The van der Waals surface area contributed by atoms with E-state index in [2.05, 4.69) is 55.0 Å². The van der Waals surface area contributed by atoms with Gasteiger partial charge in [0.2, 0.25) is 19.2 Å². The third-order valence-electron chi connectivity index (χ3n) is 15.3. The van der Waals surface area contributed by atoms with Crippen LogP contribution in [0.25, 0.3) is 16.5 Å². The first-order valence-electron chi connectivity index (χ1n) is 27.5. The van der Waals surface area contributed by atoms with Gasteiger partial charge in [-0.3, -0.25) is 29.3 Å². The van der Waals surface area contributed by atoms with Crippen LogP contribution in [-0.2, 0) is 35.1 Å². The van der Waals surface area contributed by atoms with Crippen LogP contribution < -0.4 is 20.4 Å². The highest BCUT2D eigenvalue weighted by Crippen LogP contribution is 2.39. The van der Waals surface area contributed by atoms with Gasteiger partial charge in [0.1, 0.15) is 35.1 Å². The summed E-state index contributed by atoms with van der Waals surface area (Å²) in [7, 11) is 9.51. The van der Waals surface area contributed by atoms with E-state index in [1.54, 1.807) is 23.9 Å². The van der Waals surface area contributed by atoms with E-state index in [9.17, 15) is 23.9 Å². The second-order valence-corrected chi connectivity index (χ2v) is 20.3. The molecule has 0 spiro atoms. The molecule has 2 bridgehead atoms. The number of phenolic OH excluding ortho intramolecular Hbond substituents is 1. The van der Waals surface area contributed by atoms with Crippen molar-refractivity contribution in [2.75, 3.05) is 98.1 Å². The summed E-state index contributed by atoms with van der Waals surface area (Å²) in [6, 6.07) is 13.6. The van der Waals surface area contributed by atoms with Crippen LogP contribution in [0.5, 0.6) is 5.75 Å². The van der Waals surface area contributed by atoms with Crippen molar-refractivity contribution in [3.05, 3.63) is 82.2 Å². The zero-order valence-corrected chi connectivity index (χ0v) is 47.6. The molecule has 434 valence electrons. The molecule has 4 N–H and O–H groups in total. The number of likely N-dealkylation sites (N-methyl/N-ethyl adjacent to an activating group) is 1. The number of aliphatic hydroxyl groups is 1. The van der Waals surface area contributed by atoms with Gasteiger partial charge in [-0.05, 0) is 113 Å². The maximum atomic E-state index is 15.9. The molecule has 7 aliphatic rings. The molecule has 6 fully saturated rings. The first-order chi connectivity index (χ1) is 38.8. The molecule has 80 heavy (non-hydrogen) atoms. The van der Waals surface area contributed by atoms with E-state index in [-0.39, 0.29) is 40.4 Å². The Bertz CT molecular complexity index is 2720. The number of halogens is 2. The number of likely N-dealkylation sites (tertiary alicyclic amines) is 1. The lowest BCUT2D eigenvalue weighted by atomic mass is 9.90. The van der Waals surface area contributed by atoms with Crippen LogP contribution >= 0.6 is 0 Å². The third kappa shape index (κ3) is 15.9. The fraction of sp³-hybridized carbons (Fsp3) is 0.517. The van der Waals surface area contributed by atoms with Gasteiger partial charge in [-0.25, -0.2) is 13.8 Å². The maximum Gasteiger partial charge on any atom is 0.213 e. The summed E-state index contributed by atoms with van der Waals surface area (Å²) in [5, 5.41) is 23.7. The van der Waals surface area contributed by atoms with Gasteiger partial charge in [0.25, 0.3) is 0 Å². The number of benzene rings is 3. The smallest absolute Gasteiger partial charge is 0.213 e. The quantitative estimate of drug-likeness (QED) is 0.0452. The number of hydrogen-bond acceptors (Lipinski definition) is 15. The van der Waals surface area contributed by atoms with Crippen molar-refractivity contribution in [1.82, 2.24) is 25.3 Å². The van der Waals surface area contributed by atoms with Crippen molar-refractivity contribution in [2.45, 2.75) is 114 Å². The molecule has 3 aromatic carbocycles. The average molecular weight is 1110 g/mol. The van der Waals surface area contributed by atoms with Gasteiger partial charge < -0.3 is 54.7 Å². The lowest BCUT2D eigenvalue weighted by molar-refractivity contribution is -0.120. The number of nitrogens with zero attached hydrogens (tertiary/aromatic N) is 8. The summed E-state index contributed by atoms with van der Waals surface area (Å²) in [6.45, 7) is 11.6. The number of aromatic hydroxyl groups is 1. The van der Waals surface area contributed by atoms with Crippen molar-refractivity contribution >= 4 is 72.0 Å². The second kappa shape index (κ2) is 32.4. The van der Waals surface area contributed by atoms with Crippen LogP contribution in [-0.4, -0.2) is 194 Å². The number of piperazine rings is 1. The number of carbonyl (C=O) groups excluding carboxylic acids is 4. The van der Waals surface area contributed by atoms with Gasteiger partial charge >= 0.3 is 0 Å². The Morgan fingerprint density at radius 2 is 1.76 bits per heavy atom. The lowest BCUT2D eigenvalue weighted by Crippen LogP contribution is -2.66. The summed E-state index contributed by atoms with van der Waals surface area (Å²) < 4.78 is 41.5. The molecule has 7 heterocycles. The van der Waals surface area contributed by atoms with E-state index in [1.165, 1.54) is 69.8 Å². The van der Waals surface area contributed by atoms with Gasteiger partial charge in [0, 0.05) is 117 Å². The molecule has 0 radical (unpaired) electrons. The molecule has 3 amide bonds. The minimum Gasteiger partial charge on any atom is -0.508 e. The number of methoxy groups -OCH3 is 1. The Morgan fingerprint density at radius 1 is 1.05 bits per heavy atom. The van der Waals surface area contributed by atoms with Crippen LogP contribution in [0.15, 0.2) is 74.7 Å². The molecule has 5 atom stereocenters. The number of aliphatic hydroxyl groups excluding tert-OH is 1. The summed E-state index contributed by atoms with van der Waals surface area (Å²) in [6.07, 6.45) is 22.3. The number of terminal acetylenes is 1. The molecule has 0 aliphatic carbocycles. The topological polar surface area (TPSA) is 205 Å². The number of anilines is 2. The number of ether oxygens (including phenoxy) is 2. The Labute approximate surface area is 470 Å². The van der Waals surface area contributed by atoms with Crippen LogP contribution in [0.2, 0.25) is 0 Å². The Morgan fingerprint density at radius 3 is 2.36 bits per heavy atom. The monoisotopic (exact) mass is 1110 g/mol. The number of phenols is 1. The minimum absolute atomic E-state index is 0.0252. The van der Waals surface area contributed by atoms with Crippen LogP contribution in [0.3, 0.4) is 0 Å². The van der Waals surface area contributed by atoms with Crippen molar-refractivity contribution < 1.29 is 47.6 Å². The zero-order valence-electron chi connectivity index (χ0n) is 47.6. The highest BCUT2D eigenvalue weighted by atomic mass is 19.1. The number of piperidine rings is 2. The SMILES string of the molecule is C#Cc1c(F)ccc2cc(O)cc(C3=C(F)C(=NC)/C(=C(\N=C)N4CC5CC(C4)N5)C=N3)c12.CCCC(C=O)N(C)c1cccc(CCCOC2CCN(C=O)CC2)c1N(C)C=O.CNC=O.CO.COCC1CCC2CCCN21. The molecule has 6 saturated heterocycles. The first kappa shape index (κ1) is 63.9. The second-order valence-electron chi connectivity index (χ2n) is 20.3. The molecule has 0 aromatic heterocycles. The number of hydrogen-bond donors (Lipinski definition) is 4. The molecule has 7 aliphatic heterocycles. The van der Waals surface area contributed by atoms with E-state index >= 15 is 4.39 Å². The van der Waals surface area contributed by atoms with Gasteiger partial charge in [-0.15, -0.1) is 6.42 Å². The van der Waals surface area contributed by atoms with Crippen LogP contribution in [0, 0.1) is 18.2 Å². The predicted octanol–water partition coefficient (Wildman–Crippen LogP) is 6.30. The number of fused-ring (bicyclic) bond motifs is 4. The van der Waals surface area contributed by atoms with Crippen molar-refractivity contribution in [3.63, 3.8) is 0 Å². The molecular weight excluding hydrogens is 1030 g/mol. The summed E-state index contributed by atoms with van der Waals surface area (Å²) in [4.78, 5) is 65.8. The average Bonchev–Trinajstić information content (AvgIpc) is 4.24. The summed E-state index contributed by atoms with van der Waals surface area (Å²) >= 11 is 0. The van der Waals surface area contributed by atoms with Crippen LogP contribution in [0.1, 0.15) is 87.8 Å². The van der Waals surface area contributed by atoms with E-state index in [0.29, 0.717) is 47.3 Å². The Balaban J connectivity index is 0.000000229. The zero-order chi connectivity index (χ0) is 58.3. The number of aryl methyl sites for hydroxylation is 1. The number of nitrogens with one attached hydrogen (secondary N) is 2. The number of aldehydes is 1. The highest BCUT2D eigenvalue weighted by Gasteiger charge is 2.39. The number of aliphatic imine (C=N–C) groups is 3. The van der Waals surface area contributed by atoms with Gasteiger partial charge in [0.15, 0.2) is 5.83 Å². The lowest BCUT2D eigenvalue weighted by Gasteiger charge is -2.49. The largest absolute Gasteiger partial charge is 0.508 e. The van der Waals surface area contributed by atoms with Crippen molar-refractivity contribution in [2.24, 2.45) is 15.0 Å². The Kier molecular flexibility index (Phi) is 25.9. The summed E-state index contributed by atoms with van der Waals surface area (Å²) in [5.74, 6) is 1.41. The Hall–Kier alpha value is -6.89. The van der Waals surface area contributed by atoms with Gasteiger partial charge in [-0.2, -0.15) is 0 Å². The number of para-hydroxylation sites is 1. The number of allylic oxidation sites excluding steroid dienone is 2.